The zero-order chi connectivity index (χ0) is 19.0. The van der Waals surface area contributed by atoms with Crippen LogP contribution in [-0.4, -0.2) is 12.7 Å². The van der Waals surface area contributed by atoms with E-state index >= 15 is 0 Å². The molecule has 136 valence electrons. The Hall–Kier alpha value is -2.34. The van der Waals surface area contributed by atoms with Crippen molar-refractivity contribution in [3.05, 3.63) is 60.6 Å². The molecular formula is C19H13BrN2O3S2. The van der Waals surface area contributed by atoms with Gasteiger partial charge in [0.25, 0.3) is 5.91 Å². The van der Waals surface area contributed by atoms with Crippen molar-refractivity contribution in [2.45, 2.75) is 13.3 Å². The number of thiophene rings is 2. The van der Waals surface area contributed by atoms with Crippen LogP contribution in [0.25, 0.3) is 0 Å². The molecule has 3 heterocycles. The number of ether oxygens (including phenoxy) is 2. The van der Waals surface area contributed by atoms with Crippen LogP contribution in [-0.2, 0) is 6.42 Å². The molecule has 0 saturated carbocycles. The van der Waals surface area contributed by atoms with Gasteiger partial charge in [0.15, 0.2) is 11.5 Å². The van der Waals surface area contributed by atoms with Crippen LogP contribution in [0.1, 0.15) is 31.2 Å². The van der Waals surface area contributed by atoms with E-state index in [4.69, 9.17) is 9.47 Å². The third-order valence-electron chi connectivity index (χ3n) is 4.18. The molecule has 4 rings (SSSR count). The van der Waals surface area contributed by atoms with Gasteiger partial charge in [-0.05, 0) is 58.2 Å². The fraction of sp³-hybridized carbons (Fsp3) is 0.158. The number of nitriles is 1. The normalized spacial score (nSPS) is 12.0. The summed E-state index contributed by atoms with van der Waals surface area (Å²) in [6.07, 6.45) is 0.655. The molecule has 0 atom stereocenters. The third-order valence-corrected chi connectivity index (χ3v) is 7.01. The molecule has 27 heavy (non-hydrogen) atoms. The van der Waals surface area contributed by atoms with Gasteiger partial charge < -0.3 is 14.8 Å². The zero-order valence-corrected chi connectivity index (χ0v) is 17.4. The van der Waals surface area contributed by atoms with Gasteiger partial charge in [-0.1, -0.05) is 6.07 Å². The molecule has 1 aliphatic rings. The Morgan fingerprint density at radius 3 is 2.81 bits per heavy atom. The highest BCUT2D eigenvalue weighted by Crippen LogP contribution is 2.37. The summed E-state index contributed by atoms with van der Waals surface area (Å²) in [7, 11) is 0. The largest absolute Gasteiger partial charge is 0.454 e. The first-order valence-electron chi connectivity index (χ1n) is 8.02. The highest BCUT2D eigenvalue weighted by Gasteiger charge is 2.20. The Bertz CT molecular complexity index is 1080. The van der Waals surface area contributed by atoms with Crippen LogP contribution in [0.4, 0.5) is 5.00 Å². The predicted molar refractivity (Wildman–Crippen MR) is 109 cm³/mol. The lowest BCUT2D eigenvalue weighted by Gasteiger charge is -2.02. The van der Waals surface area contributed by atoms with Gasteiger partial charge in [-0.15, -0.1) is 22.7 Å². The molecular weight excluding hydrogens is 448 g/mol. The van der Waals surface area contributed by atoms with E-state index in [2.05, 4.69) is 27.3 Å². The fourth-order valence-corrected chi connectivity index (χ4v) is 5.26. The highest BCUT2D eigenvalue weighted by atomic mass is 79.9. The van der Waals surface area contributed by atoms with Crippen molar-refractivity contribution in [2.24, 2.45) is 0 Å². The molecule has 0 aliphatic carbocycles. The quantitative estimate of drug-likeness (QED) is 0.571. The number of rotatable bonds is 4. The minimum absolute atomic E-state index is 0.210. The molecule has 0 unspecified atom stereocenters. The summed E-state index contributed by atoms with van der Waals surface area (Å²) in [6.45, 7) is 2.15. The summed E-state index contributed by atoms with van der Waals surface area (Å²) in [5.41, 5.74) is 2.47. The smallest absolute Gasteiger partial charge is 0.266 e. The maximum atomic E-state index is 12.4. The molecule has 0 spiro atoms. The maximum Gasteiger partial charge on any atom is 0.266 e. The van der Waals surface area contributed by atoms with E-state index in [1.54, 1.807) is 6.07 Å². The van der Waals surface area contributed by atoms with Gasteiger partial charge >= 0.3 is 0 Å². The number of hydrogen-bond acceptors (Lipinski definition) is 6. The lowest BCUT2D eigenvalue weighted by molar-refractivity contribution is 0.103. The molecule has 1 amide bonds. The van der Waals surface area contributed by atoms with E-state index in [1.807, 2.05) is 31.2 Å². The molecule has 3 aromatic rings. The van der Waals surface area contributed by atoms with Crippen LogP contribution in [0.3, 0.4) is 0 Å². The SMILES string of the molecule is Cc1c(Cc2ccc3c(c2)OCO3)sc(NC(=O)c2ccc(Br)s2)c1C#N. The first-order chi connectivity index (χ1) is 13.0. The molecule has 0 saturated heterocycles. The average Bonchev–Trinajstić information content (AvgIpc) is 3.35. The summed E-state index contributed by atoms with van der Waals surface area (Å²) in [4.78, 5) is 14.1. The topological polar surface area (TPSA) is 71.3 Å². The Kier molecular flexibility index (Phi) is 4.91. The van der Waals surface area contributed by atoms with Gasteiger partial charge in [-0.25, -0.2) is 0 Å². The van der Waals surface area contributed by atoms with E-state index in [-0.39, 0.29) is 12.7 Å². The number of carbonyl (C=O) groups is 1. The minimum atomic E-state index is -0.210. The van der Waals surface area contributed by atoms with Crippen LogP contribution in [0.5, 0.6) is 11.5 Å². The third kappa shape index (κ3) is 3.58. The summed E-state index contributed by atoms with van der Waals surface area (Å²) < 4.78 is 11.7. The van der Waals surface area contributed by atoms with Gasteiger partial charge in [0.05, 0.1) is 14.2 Å². The molecule has 1 N–H and O–H groups in total. The van der Waals surface area contributed by atoms with Crippen LogP contribution in [0, 0.1) is 18.3 Å². The Balaban J connectivity index is 1.59. The number of fused-ring (bicyclic) bond motifs is 1. The number of carbonyl (C=O) groups excluding carboxylic acids is 1. The van der Waals surface area contributed by atoms with Crippen LogP contribution >= 0.6 is 38.6 Å². The Morgan fingerprint density at radius 2 is 2.07 bits per heavy atom. The van der Waals surface area contributed by atoms with Gasteiger partial charge in [0.1, 0.15) is 11.1 Å². The van der Waals surface area contributed by atoms with Crippen molar-refractivity contribution in [3.63, 3.8) is 0 Å². The van der Waals surface area contributed by atoms with Gasteiger partial charge in [0, 0.05) is 11.3 Å². The lowest BCUT2D eigenvalue weighted by Crippen LogP contribution is -2.09. The molecule has 0 radical (unpaired) electrons. The molecule has 8 heteroatoms. The van der Waals surface area contributed by atoms with Crippen molar-refractivity contribution in [1.29, 1.82) is 5.26 Å². The molecule has 1 aromatic carbocycles. The fourth-order valence-electron chi connectivity index (χ4n) is 2.79. The number of amides is 1. The monoisotopic (exact) mass is 460 g/mol. The number of benzene rings is 1. The molecule has 1 aliphatic heterocycles. The maximum absolute atomic E-state index is 12.4. The molecule has 5 nitrogen and oxygen atoms in total. The lowest BCUT2D eigenvalue weighted by atomic mass is 10.1. The average molecular weight is 461 g/mol. The van der Waals surface area contributed by atoms with Gasteiger partial charge in [-0.2, -0.15) is 5.26 Å². The number of anilines is 1. The molecule has 2 aromatic heterocycles. The second kappa shape index (κ2) is 7.35. The highest BCUT2D eigenvalue weighted by molar-refractivity contribution is 9.11. The first-order valence-corrected chi connectivity index (χ1v) is 10.5. The molecule has 0 fully saturated rings. The summed E-state index contributed by atoms with van der Waals surface area (Å²) in [5, 5.41) is 13.0. The van der Waals surface area contributed by atoms with Crippen molar-refractivity contribution in [1.82, 2.24) is 0 Å². The van der Waals surface area contributed by atoms with Crippen LogP contribution in [0.2, 0.25) is 0 Å². The summed E-state index contributed by atoms with van der Waals surface area (Å²) >= 11 is 6.15. The zero-order valence-electron chi connectivity index (χ0n) is 14.2. The van der Waals surface area contributed by atoms with E-state index in [0.717, 1.165) is 31.3 Å². The van der Waals surface area contributed by atoms with Crippen LogP contribution in [0.15, 0.2) is 34.1 Å². The van der Waals surface area contributed by atoms with Crippen molar-refractivity contribution in [3.8, 4) is 17.6 Å². The number of hydrogen-bond donors (Lipinski definition) is 1. The minimum Gasteiger partial charge on any atom is -0.454 e. The number of nitrogens with one attached hydrogen (secondary N) is 1. The van der Waals surface area contributed by atoms with E-state index in [9.17, 15) is 10.1 Å². The van der Waals surface area contributed by atoms with Crippen LogP contribution < -0.4 is 14.8 Å². The predicted octanol–water partition coefficient (Wildman–Crippen LogP) is 5.32. The van der Waals surface area contributed by atoms with Crippen molar-refractivity contribution < 1.29 is 14.3 Å². The van der Waals surface area contributed by atoms with Gasteiger partial charge in [0.2, 0.25) is 6.79 Å². The van der Waals surface area contributed by atoms with E-state index in [0.29, 0.717) is 21.9 Å². The van der Waals surface area contributed by atoms with Crippen molar-refractivity contribution >= 4 is 49.5 Å². The standard InChI is InChI=1S/C19H13BrN2O3S2/c1-10-12(8-21)19(22-18(23)15-4-5-17(20)26-15)27-16(10)7-11-2-3-13-14(6-11)25-9-24-13/h2-6H,7,9H2,1H3,(H,22,23). The van der Waals surface area contributed by atoms with E-state index in [1.165, 1.54) is 22.7 Å². The van der Waals surface area contributed by atoms with Gasteiger partial charge in [-0.3, -0.25) is 4.79 Å². The second-order valence-electron chi connectivity index (χ2n) is 5.89. The number of nitrogens with zero attached hydrogens (tertiary/aromatic N) is 1. The summed E-state index contributed by atoms with van der Waals surface area (Å²) in [5.74, 6) is 1.27. The van der Waals surface area contributed by atoms with E-state index < -0.39 is 0 Å². The summed E-state index contributed by atoms with van der Waals surface area (Å²) in [6, 6.07) is 11.6. The first kappa shape index (κ1) is 18.0. The number of halogens is 1. The second-order valence-corrected chi connectivity index (χ2v) is 9.46. The van der Waals surface area contributed by atoms with Crippen molar-refractivity contribution in [2.75, 3.05) is 12.1 Å². The molecule has 0 bridgehead atoms. The Labute approximate surface area is 172 Å². The Morgan fingerprint density at radius 1 is 1.26 bits per heavy atom.